The highest BCUT2D eigenvalue weighted by Gasteiger charge is 2.42. The SMILES string of the molecule is CCC1OC(=O)C(OC)C(O)C1C. The van der Waals surface area contributed by atoms with Gasteiger partial charge in [0.25, 0.3) is 0 Å². The number of carbonyl (C=O) groups excluding carboxylic acids is 1. The third-order valence-electron chi connectivity index (χ3n) is 2.59. The maximum atomic E-state index is 11.2. The summed E-state index contributed by atoms with van der Waals surface area (Å²) in [5, 5.41) is 9.68. The highest BCUT2D eigenvalue weighted by atomic mass is 16.6. The maximum Gasteiger partial charge on any atom is 0.338 e. The van der Waals surface area contributed by atoms with Crippen molar-refractivity contribution in [2.45, 2.75) is 38.6 Å². The molecule has 1 heterocycles. The predicted octanol–water partition coefficient (Wildman–Crippen LogP) is 0.334. The van der Waals surface area contributed by atoms with Gasteiger partial charge in [0.2, 0.25) is 0 Å². The van der Waals surface area contributed by atoms with Gasteiger partial charge >= 0.3 is 5.97 Å². The summed E-state index contributed by atoms with van der Waals surface area (Å²) in [4.78, 5) is 11.2. The first kappa shape index (κ1) is 10.5. The summed E-state index contributed by atoms with van der Waals surface area (Å²) in [6.45, 7) is 3.78. The molecule has 0 saturated carbocycles. The fourth-order valence-corrected chi connectivity index (χ4v) is 1.65. The summed E-state index contributed by atoms with van der Waals surface area (Å²) >= 11 is 0. The number of hydrogen-bond acceptors (Lipinski definition) is 4. The van der Waals surface area contributed by atoms with Crippen LogP contribution in [0.5, 0.6) is 0 Å². The summed E-state index contributed by atoms with van der Waals surface area (Å²) in [6, 6.07) is 0. The normalized spacial score (nSPS) is 40.2. The van der Waals surface area contributed by atoms with Crippen LogP contribution in [0, 0.1) is 5.92 Å². The van der Waals surface area contributed by atoms with Gasteiger partial charge in [-0.15, -0.1) is 0 Å². The molecular weight excluding hydrogens is 172 g/mol. The van der Waals surface area contributed by atoms with E-state index in [0.717, 1.165) is 6.42 Å². The van der Waals surface area contributed by atoms with Crippen LogP contribution in [0.3, 0.4) is 0 Å². The fraction of sp³-hybridized carbons (Fsp3) is 0.889. The van der Waals surface area contributed by atoms with Crippen molar-refractivity contribution in [1.82, 2.24) is 0 Å². The van der Waals surface area contributed by atoms with Crippen molar-refractivity contribution in [1.29, 1.82) is 0 Å². The largest absolute Gasteiger partial charge is 0.460 e. The van der Waals surface area contributed by atoms with Gasteiger partial charge in [0, 0.05) is 13.0 Å². The smallest absolute Gasteiger partial charge is 0.338 e. The number of aliphatic hydroxyl groups is 1. The first-order valence-corrected chi connectivity index (χ1v) is 4.53. The van der Waals surface area contributed by atoms with Gasteiger partial charge in [0.1, 0.15) is 6.10 Å². The Bertz CT molecular complexity index is 192. The third kappa shape index (κ3) is 1.84. The van der Waals surface area contributed by atoms with E-state index in [1.807, 2.05) is 13.8 Å². The summed E-state index contributed by atoms with van der Waals surface area (Å²) in [7, 11) is 1.40. The fourth-order valence-electron chi connectivity index (χ4n) is 1.65. The van der Waals surface area contributed by atoms with E-state index in [1.165, 1.54) is 7.11 Å². The molecular formula is C9H16O4. The molecule has 0 aromatic heterocycles. The van der Waals surface area contributed by atoms with Gasteiger partial charge in [0.05, 0.1) is 6.10 Å². The van der Waals surface area contributed by atoms with Gasteiger partial charge in [-0.2, -0.15) is 0 Å². The number of methoxy groups -OCH3 is 1. The van der Waals surface area contributed by atoms with Crippen molar-refractivity contribution in [3.8, 4) is 0 Å². The van der Waals surface area contributed by atoms with Crippen LogP contribution >= 0.6 is 0 Å². The molecule has 76 valence electrons. The van der Waals surface area contributed by atoms with Crippen molar-refractivity contribution < 1.29 is 19.4 Å². The third-order valence-corrected chi connectivity index (χ3v) is 2.59. The number of cyclic esters (lactones) is 1. The van der Waals surface area contributed by atoms with Gasteiger partial charge in [-0.3, -0.25) is 0 Å². The van der Waals surface area contributed by atoms with E-state index in [0.29, 0.717) is 0 Å². The minimum atomic E-state index is -0.821. The molecule has 1 aliphatic rings. The molecule has 4 nitrogen and oxygen atoms in total. The van der Waals surface area contributed by atoms with Crippen LogP contribution in [0.4, 0.5) is 0 Å². The molecule has 0 bridgehead atoms. The maximum absolute atomic E-state index is 11.2. The molecule has 0 amide bonds. The average Bonchev–Trinajstić information content (AvgIpc) is 2.12. The Labute approximate surface area is 77.8 Å². The second kappa shape index (κ2) is 4.07. The van der Waals surface area contributed by atoms with Crippen molar-refractivity contribution in [2.24, 2.45) is 5.92 Å². The van der Waals surface area contributed by atoms with Crippen LogP contribution in [0.25, 0.3) is 0 Å². The zero-order valence-corrected chi connectivity index (χ0v) is 8.19. The molecule has 0 radical (unpaired) electrons. The highest BCUT2D eigenvalue weighted by molar-refractivity contribution is 5.76. The molecule has 1 fully saturated rings. The topological polar surface area (TPSA) is 55.8 Å². The number of hydrogen-bond donors (Lipinski definition) is 1. The molecule has 4 atom stereocenters. The Morgan fingerprint density at radius 3 is 2.69 bits per heavy atom. The minimum absolute atomic E-state index is 0.0624. The van der Waals surface area contributed by atoms with Crippen molar-refractivity contribution in [3.05, 3.63) is 0 Å². The number of ether oxygens (including phenoxy) is 2. The van der Waals surface area contributed by atoms with Crippen molar-refractivity contribution in [3.63, 3.8) is 0 Å². The molecule has 0 spiro atoms. The Kier molecular flexibility index (Phi) is 3.27. The predicted molar refractivity (Wildman–Crippen MR) is 46.1 cm³/mol. The van der Waals surface area contributed by atoms with Crippen LogP contribution in [-0.2, 0) is 14.3 Å². The van der Waals surface area contributed by atoms with Crippen molar-refractivity contribution in [2.75, 3.05) is 7.11 Å². The summed E-state index contributed by atoms with van der Waals surface area (Å²) in [5.41, 5.74) is 0. The molecule has 1 aliphatic heterocycles. The van der Waals surface area contributed by atoms with E-state index < -0.39 is 18.2 Å². The van der Waals surface area contributed by atoms with Crippen LogP contribution in [0.2, 0.25) is 0 Å². The molecule has 13 heavy (non-hydrogen) atoms. The zero-order valence-electron chi connectivity index (χ0n) is 8.19. The Morgan fingerprint density at radius 1 is 1.62 bits per heavy atom. The lowest BCUT2D eigenvalue weighted by Gasteiger charge is -2.36. The summed E-state index contributed by atoms with van der Waals surface area (Å²) in [6.07, 6.45) is -1.04. The van der Waals surface area contributed by atoms with Crippen LogP contribution < -0.4 is 0 Å². The first-order valence-electron chi connectivity index (χ1n) is 4.53. The number of carbonyl (C=O) groups is 1. The summed E-state index contributed by atoms with van der Waals surface area (Å²) in [5.74, 6) is -0.521. The Balaban J connectivity index is 2.72. The molecule has 4 heteroatoms. The van der Waals surface area contributed by atoms with Crippen LogP contribution in [-0.4, -0.2) is 36.5 Å². The number of rotatable bonds is 2. The lowest BCUT2D eigenvalue weighted by atomic mass is 9.90. The minimum Gasteiger partial charge on any atom is -0.460 e. The molecule has 1 rings (SSSR count). The van der Waals surface area contributed by atoms with Gasteiger partial charge in [-0.05, 0) is 6.42 Å². The van der Waals surface area contributed by atoms with E-state index in [2.05, 4.69) is 0 Å². The molecule has 0 aromatic rings. The van der Waals surface area contributed by atoms with Gasteiger partial charge in [-0.1, -0.05) is 13.8 Å². The van der Waals surface area contributed by atoms with E-state index in [1.54, 1.807) is 0 Å². The van der Waals surface area contributed by atoms with Crippen LogP contribution in [0.1, 0.15) is 20.3 Å². The molecule has 4 unspecified atom stereocenters. The number of esters is 1. The molecule has 0 aliphatic carbocycles. The molecule has 0 aromatic carbocycles. The van der Waals surface area contributed by atoms with Crippen molar-refractivity contribution >= 4 is 5.97 Å². The molecule has 1 N–H and O–H groups in total. The van der Waals surface area contributed by atoms with Gasteiger partial charge in [0.15, 0.2) is 6.10 Å². The van der Waals surface area contributed by atoms with E-state index >= 15 is 0 Å². The van der Waals surface area contributed by atoms with Gasteiger partial charge in [-0.25, -0.2) is 4.79 Å². The average molecular weight is 188 g/mol. The monoisotopic (exact) mass is 188 g/mol. The second-order valence-electron chi connectivity index (χ2n) is 3.39. The second-order valence-corrected chi connectivity index (χ2v) is 3.39. The standard InChI is InChI=1S/C9H16O4/c1-4-6-5(2)7(10)8(12-3)9(11)13-6/h5-8,10H,4H2,1-3H3. The van der Waals surface area contributed by atoms with Crippen LogP contribution in [0.15, 0.2) is 0 Å². The quantitative estimate of drug-likeness (QED) is 0.635. The lowest BCUT2D eigenvalue weighted by Crippen LogP contribution is -2.51. The lowest BCUT2D eigenvalue weighted by molar-refractivity contribution is -0.193. The van der Waals surface area contributed by atoms with E-state index in [9.17, 15) is 9.90 Å². The molecule has 1 saturated heterocycles. The van der Waals surface area contributed by atoms with E-state index in [4.69, 9.17) is 9.47 Å². The first-order chi connectivity index (χ1) is 6.11. The zero-order chi connectivity index (χ0) is 10.0. The summed E-state index contributed by atoms with van der Waals surface area (Å²) < 4.78 is 9.95. The Hall–Kier alpha value is -0.610. The van der Waals surface area contributed by atoms with Gasteiger partial charge < -0.3 is 14.6 Å². The van der Waals surface area contributed by atoms with E-state index in [-0.39, 0.29) is 12.0 Å². The number of aliphatic hydroxyl groups excluding tert-OH is 1. The highest BCUT2D eigenvalue weighted by Crippen LogP contribution is 2.25. The Morgan fingerprint density at radius 2 is 2.23 bits per heavy atom.